The number of anilines is 3. The highest BCUT2D eigenvalue weighted by atomic mass is 16.3. The van der Waals surface area contributed by atoms with E-state index in [1.807, 2.05) is 6.07 Å². The van der Waals surface area contributed by atoms with Crippen molar-refractivity contribution in [3.8, 4) is 44.5 Å². The number of furan rings is 2. The van der Waals surface area contributed by atoms with Crippen LogP contribution < -0.4 is 4.90 Å². The first-order valence-corrected chi connectivity index (χ1v) is 20.7. The molecular formula is C57H39NO2. The predicted octanol–water partition coefficient (Wildman–Crippen LogP) is 16.3. The Bertz CT molecular complexity index is 3450. The largest absolute Gasteiger partial charge is 0.456 e. The molecule has 0 unspecified atom stereocenters. The second kappa shape index (κ2) is 13.2. The van der Waals surface area contributed by atoms with Gasteiger partial charge in [0.25, 0.3) is 0 Å². The molecule has 0 bridgehead atoms. The molecule has 0 amide bonds. The summed E-state index contributed by atoms with van der Waals surface area (Å²) in [5, 5.41) is 4.21. The van der Waals surface area contributed by atoms with Crippen molar-refractivity contribution in [3.63, 3.8) is 0 Å². The molecule has 1 aliphatic carbocycles. The minimum Gasteiger partial charge on any atom is -0.456 e. The molecule has 0 aliphatic heterocycles. The molecule has 2 aromatic heterocycles. The van der Waals surface area contributed by atoms with E-state index < -0.39 is 0 Å². The Morgan fingerprint density at radius 3 is 1.70 bits per heavy atom. The fourth-order valence-corrected chi connectivity index (χ4v) is 9.68. The normalized spacial score (nSPS) is 13.0. The summed E-state index contributed by atoms with van der Waals surface area (Å²) in [7, 11) is 0. The Morgan fingerprint density at radius 1 is 0.350 bits per heavy atom. The second-order valence-electron chi connectivity index (χ2n) is 16.5. The van der Waals surface area contributed by atoms with Crippen LogP contribution in [0.15, 0.2) is 209 Å². The average molecular weight is 770 g/mol. The number of hydrogen-bond acceptors (Lipinski definition) is 3. The SMILES string of the molecule is CC1(C)c2ccccc2-c2ccc(N(c3ccc4c(c3)oc3cc5c(cc34)oc3c(-c4ccccc4)cccc35)c3ccccc3-c3ccc(-c4ccccc4)cc3)cc21. The van der Waals surface area contributed by atoms with Crippen molar-refractivity contribution in [1.82, 2.24) is 0 Å². The lowest BCUT2D eigenvalue weighted by Gasteiger charge is -2.29. The quantitative estimate of drug-likeness (QED) is 0.169. The lowest BCUT2D eigenvalue weighted by molar-refractivity contribution is 0.660. The minimum atomic E-state index is -0.147. The van der Waals surface area contributed by atoms with E-state index in [1.54, 1.807) is 0 Å². The van der Waals surface area contributed by atoms with Crippen LogP contribution in [-0.2, 0) is 5.41 Å². The standard InChI is InChI=1S/C57H39NO2/c1-57(2)50-22-11-9-19-44(50)45-30-28-40(32-51(45)57)58(52-23-12-10-18-42(52)39-26-24-37(25-27-39)36-14-5-3-6-15-36)41-29-31-46-48-34-55-49(35-54(48)59-53(46)33-41)47-21-13-20-43(56(47)60-55)38-16-7-4-8-17-38/h3-35H,1-2H3. The molecule has 0 saturated heterocycles. The number of nitrogens with zero attached hydrogens (tertiary/aromatic N) is 1. The number of benzene rings is 9. The fourth-order valence-electron chi connectivity index (χ4n) is 9.68. The number of fused-ring (bicyclic) bond motifs is 9. The van der Waals surface area contributed by atoms with E-state index in [9.17, 15) is 0 Å². The third kappa shape index (κ3) is 5.29. The molecule has 0 saturated carbocycles. The van der Waals surface area contributed by atoms with Crippen LogP contribution in [-0.4, -0.2) is 0 Å². The molecule has 9 aromatic carbocycles. The predicted molar refractivity (Wildman–Crippen MR) is 250 cm³/mol. The van der Waals surface area contributed by atoms with Gasteiger partial charge in [-0.25, -0.2) is 0 Å². The summed E-state index contributed by atoms with van der Waals surface area (Å²) in [5.41, 5.74) is 18.7. The zero-order valence-corrected chi connectivity index (χ0v) is 33.3. The molecule has 11 aromatic rings. The van der Waals surface area contributed by atoms with Crippen LogP contribution in [0.2, 0.25) is 0 Å². The molecular weight excluding hydrogens is 731 g/mol. The molecule has 0 N–H and O–H groups in total. The van der Waals surface area contributed by atoms with E-state index in [0.717, 1.165) is 83.2 Å². The summed E-state index contributed by atoms with van der Waals surface area (Å²) in [5.74, 6) is 0. The van der Waals surface area contributed by atoms with Gasteiger partial charge >= 0.3 is 0 Å². The van der Waals surface area contributed by atoms with E-state index in [1.165, 1.54) is 33.4 Å². The van der Waals surface area contributed by atoms with Crippen LogP contribution >= 0.6 is 0 Å². The summed E-state index contributed by atoms with van der Waals surface area (Å²) in [6, 6.07) is 71.8. The van der Waals surface area contributed by atoms with Gasteiger partial charge < -0.3 is 13.7 Å². The first-order chi connectivity index (χ1) is 29.5. The second-order valence-corrected chi connectivity index (χ2v) is 16.5. The molecule has 0 spiro atoms. The molecule has 0 radical (unpaired) electrons. The monoisotopic (exact) mass is 769 g/mol. The van der Waals surface area contributed by atoms with Crippen LogP contribution in [0.25, 0.3) is 88.4 Å². The molecule has 284 valence electrons. The lowest BCUT2D eigenvalue weighted by atomic mass is 9.82. The molecule has 0 atom stereocenters. The maximum Gasteiger partial charge on any atom is 0.143 e. The van der Waals surface area contributed by atoms with Crippen molar-refractivity contribution in [2.24, 2.45) is 0 Å². The Labute approximate surface area is 348 Å². The van der Waals surface area contributed by atoms with Gasteiger partial charge in [-0.15, -0.1) is 0 Å². The molecule has 12 rings (SSSR count). The van der Waals surface area contributed by atoms with Crippen molar-refractivity contribution < 1.29 is 8.83 Å². The Hall–Kier alpha value is -7.62. The zero-order valence-electron chi connectivity index (χ0n) is 33.3. The van der Waals surface area contributed by atoms with Crippen molar-refractivity contribution in [2.45, 2.75) is 19.3 Å². The van der Waals surface area contributed by atoms with Gasteiger partial charge in [-0.1, -0.05) is 166 Å². The van der Waals surface area contributed by atoms with Gasteiger partial charge in [0.2, 0.25) is 0 Å². The van der Waals surface area contributed by atoms with E-state index in [4.69, 9.17) is 8.83 Å². The Balaban J connectivity index is 1.02. The van der Waals surface area contributed by atoms with Crippen LogP contribution in [0.4, 0.5) is 17.1 Å². The van der Waals surface area contributed by atoms with E-state index >= 15 is 0 Å². The topological polar surface area (TPSA) is 29.5 Å². The average Bonchev–Trinajstić information content (AvgIpc) is 3.93. The molecule has 0 fully saturated rings. The highest BCUT2D eigenvalue weighted by Gasteiger charge is 2.36. The summed E-state index contributed by atoms with van der Waals surface area (Å²) in [4.78, 5) is 2.40. The molecule has 2 heterocycles. The third-order valence-corrected chi connectivity index (χ3v) is 12.7. The van der Waals surface area contributed by atoms with Gasteiger partial charge in [0.15, 0.2) is 0 Å². The summed E-state index contributed by atoms with van der Waals surface area (Å²) in [6.45, 7) is 4.69. The zero-order chi connectivity index (χ0) is 40.0. The maximum absolute atomic E-state index is 6.81. The molecule has 3 heteroatoms. The highest BCUT2D eigenvalue weighted by molar-refractivity contribution is 6.17. The highest BCUT2D eigenvalue weighted by Crippen LogP contribution is 2.52. The van der Waals surface area contributed by atoms with Gasteiger partial charge in [0, 0.05) is 55.5 Å². The summed E-state index contributed by atoms with van der Waals surface area (Å²) in [6.07, 6.45) is 0. The molecule has 3 nitrogen and oxygen atoms in total. The Kier molecular flexibility index (Phi) is 7.58. The first kappa shape index (κ1) is 34.4. The number of rotatable bonds is 6. The van der Waals surface area contributed by atoms with Crippen molar-refractivity contribution in [2.75, 3.05) is 4.90 Å². The minimum absolute atomic E-state index is 0.147. The van der Waals surface area contributed by atoms with Crippen LogP contribution in [0.1, 0.15) is 25.0 Å². The first-order valence-electron chi connectivity index (χ1n) is 20.7. The van der Waals surface area contributed by atoms with Crippen LogP contribution in [0, 0.1) is 0 Å². The van der Waals surface area contributed by atoms with E-state index in [2.05, 4.69) is 213 Å². The van der Waals surface area contributed by atoms with Crippen molar-refractivity contribution in [1.29, 1.82) is 0 Å². The third-order valence-electron chi connectivity index (χ3n) is 12.7. The van der Waals surface area contributed by atoms with E-state index in [0.29, 0.717) is 0 Å². The van der Waals surface area contributed by atoms with Gasteiger partial charge in [-0.2, -0.15) is 0 Å². The Morgan fingerprint density at radius 2 is 0.900 bits per heavy atom. The molecule has 60 heavy (non-hydrogen) atoms. The summed E-state index contributed by atoms with van der Waals surface area (Å²) < 4.78 is 13.5. The lowest BCUT2D eigenvalue weighted by Crippen LogP contribution is -2.16. The van der Waals surface area contributed by atoms with E-state index in [-0.39, 0.29) is 5.41 Å². The number of hydrogen-bond donors (Lipinski definition) is 0. The maximum atomic E-state index is 6.81. The van der Waals surface area contributed by atoms with Crippen LogP contribution in [0.5, 0.6) is 0 Å². The van der Waals surface area contributed by atoms with Crippen LogP contribution in [0.3, 0.4) is 0 Å². The van der Waals surface area contributed by atoms with Crippen molar-refractivity contribution >= 4 is 60.9 Å². The van der Waals surface area contributed by atoms with Gasteiger partial charge in [-0.3, -0.25) is 0 Å². The van der Waals surface area contributed by atoms with Gasteiger partial charge in [0.05, 0.1) is 5.69 Å². The van der Waals surface area contributed by atoms with Gasteiger partial charge in [0.1, 0.15) is 22.3 Å². The molecule has 1 aliphatic rings. The smallest absolute Gasteiger partial charge is 0.143 e. The fraction of sp³-hybridized carbons (Fsp3) is 0.0526. The van der Waals surface area contributed by atoms with Gasteiger partial charge in [-0.05, 0) is 87.0 Å². The summed E-state index contributed by atoms with van der Waals surface area (Å²) >= 11 is 0. The number of para-hydroxylation sites is 2. The van der Waals surface area contributed by atoms with Crippen molar-refractivity contribution in [3.05, 3.63) is 211 Å².